The van der Waals surface area contributed by atoms with Crippen LogP contribution in [-0.2, 0) is 14.4 Å². The van der Waals surface area contributed by atoms with E-state index in [1.54, 1.807) is 18.2 Å². The maximum absolute atomic E-state index is 12.9. The molecule has 2 aliphatic carbocycles. The van der Waals surface area contributed by atoms with Crippen LogP contribution in [0, 0.1) is 30.6 Å². The van der Waals surface area contributed by atoms with Gasteiger partial charge in [0.1, 0.15) is 5.75 Å². The second-order valence-electron chi connectivity index (χ2n) is 8.04. The molecule has 2 bridgehead atoms. The smallest absolute Gasteiger partial charge is 0.276 e. The summed E-state index contributed by atoms with van der Waals surface area (Å²) in [6.45, 7) is 5.64. The molecule has 28 heavy (non-hydrogen) atoms. The highest BCUT2D eigenvalue weighted by molar-refractivity contribution is 6.31. The highest BCUT2D eigenvalue weighted by Gasteiger charge is 2.63. The van der Waals surface area contributed by atoms with Gasteiger partial charge in [0.2, 0.25) is 0 Å². The number of halogens is 1. The molecule has 1 aliphatic heterocycles. The second kappa shape index (κ2) is 6.92. The van der Waals surface area contributed by atoms with Crippen LogP contribution in [0.2, 0.25) is 5.02 Å². The Balaban J connectivity index is 1.42. The van der Waals surface area contributed by atoms with Gasteiger partial charge in [0, 0.05) is 5.02 Å². The number of amides is 3. The van der Waals surface area contributed by atoms with Gasteiger partial charge in [0.05, 0.1) is 11.8 Å². The third-order valence-corrected chi connectivity index (χ3v) is 6.59. The fourth-order valence-electron chi connectivity index (χ4n) is 5.11. The van der Waals surface area contributed by atoms with Crippen LogP contribution in [0.25, 0.3) is 0 Å². The number of hydrogen-bond acceptors (Lipinski definition) is 4. The predicted molar refractivity (Wildman–Crippen MR) is 103 cm³/mol. The highest BCUT2D eigenvalue weighted by Crippen LogP contribution is 2.59. The van der Waals surface area contributed by atoms with Gasteiger partial charge < -0.3 is 4.74 Å². The van der Waals surface area contributed by atoms with Gasteiger partial charge in [-0.2, -0.15) is 5.01 Å². The molecule has 4 rings (SSSR count). The number of benzene rings is 1. The molecule has 2 saturated carbocycles. The number of rotatable bonds is 4. The Morgan fingerprint density at radius 1 is 1.18 bits per heavy atom. The van der Waals surface area contributed by atoms with Crippen molar-refractivity contribution in [1.82, 2.24) is 10.4 Å². The Labute approximate surface area is 168 Å². The van der Waals surface area contributed by atoms with E-state index >= 15 is 0 Å². The number of hydrogen-bond donors (Lipinski definition) is 1. The number of imide groups is 1. The van der Waals surface area contributed by atoms with Crippen LogP contribution in [0.4, 0.5) is 0 Å². The minimum atomic E-state index is -0.538. The molecule has 148 valence electrons. The Kier molecular flexibility index (Phi) is 4.70. The molecule has 0 radical (unpaired) electrons. The topological polar surface area (TPSA) is 75.7 Å². The van der Waals surface area contributed by atoms with Crippen molar-refractivity contribution < 1.29 is 19.1 Å². The van der Waals surface area contributed by atoms with Crippen molar-refractivity contribution in [1.29, 1.82) is 0 Å². The lowest BCUT2D eigenvalue weighted by atomic mass is 9.81. The molecule has 1 N–H and O–H groups in total. The molecule has 3 amide bonds. The van der Waals surface area contributed by atoms with Crippen LogP contribution >= 0.6 is 11.6 Å². The summed E-state index contributed by atoms with van der Waals surface area (Å²) in [6, 6.07) is 5.08. The molecular formula is C21H23ClN2O4. The summed E-state index contributed by atoms with van der Waals surface area (Å²) in [4.78, 5) is 38.0. The van der Waals surface area contributed by atoms with Gasteiger partial charge in [-0.1, -0.05) is 22.7 Å². The molecule has 1 saturated heterocycles. The Bertz CT molecular complexity index is 874. The van der Waals surface area contributed by atoms with Crippen LogP contribution in [0.15, 0.2) is 29.3 Å². The molecule has 1 aromatic carbocycles. The van der Waals surface area contributed by atoms with Crippen molar-refractivity contribution in [3.63, 3.8) is 0 Å². The molecule has 6 nitrogen and oxygen atoms in total. The number of allylic oxidation sites excluding steroid dienone is 2. The lowest BCUT2D eigenvalue weighted by molar-refractivity contribution is -0.150. The number of nitrogens with one attached hydrogen (secondary N) is 1. The van der Waals surface area contributed by atoms with Gasteiger partial charge in [-0.3, -0.25) is 19.8 Å². The largest absolute Gasteiger partial charge is 0.484 e. The standard InChI is InChI=1S/C21H23ClN2O4/c1-10(2)17-13-5-6-14(17)19-18(13)20(26)24(21(19)27)23-16(25)9-28-12-4-7-15(22)11(3)8-12/h4,7-8,13-14,18-19H,5-6,9H2,1-3H3,(H,23,25)/t13-,14-,18-,19-/m1/s1. The van der Waals surface area contributed by atoms with Crippen molar-refractivity contribution in [3.8, 4) is 5.75 Å². The molecule has 4 atom stereocenters. The van der Waals surface area contributed by atoms with E-state index in [1.165, 1.54) is 11.1 Å². The van der Waals surface area contributed by atoms with E-state index in [2.05, 4.69) is 5.43 Å². The van der Waals surface area contributed by atoms with Gasteiger partial charge in [-0.25, -0.2) is 0 Å². The predicted octanol–water partition coefficient (Wildman–Crippen LogP) is 3.04. The summed E-state index contributed by atoms with van der Waals surface area (Å²) in [7, 11) is 0. The summed E-state index contributed by atoms with van der Waals surface area (Å²) < 4.78 is 5.45. The second-order valence-corrected chi connectivity index (χ2v) is 8.45. The van der Waals surface area contributed by atoms with E-state index in [4.69, 9.17) is 16.3 Å². The summed E-state index contributed by atoms with van der Waals surface area (Å²) in [5, 5.41) is 1.53. The van der Waals surface area contributed by atoms with Crippen molar-refractivity contribution in [3.05, 3.63) is 39.9 Å². The number of hydrazine groups is 1. The highest BCUT2D eigenvalue weighted by atomic mass is 35.5. The summed E-state index contributed by atoms with van der Waals surface area (Å²) in [5.41, 5.74) is 5.77. The van der Waals surface area contributed by atoms with E-state index in [0.29, 0.717) is 10.8 Å². The first kappa shape index (κ1) is 19.0. The van der Waals surface area contributed by atoms with Gasteiger partial charge in [0.25, 0.3) is 17.7 Å². The minimum absolute atomic E-state index is 0.131. The lowest BCUT2D eigenvalue weighted by Gasteiger charge is -2.19. The summed E-state index contributed by atoms with van der Waals surface area (Å²) in [5.74, 6) is -1.04. The molecule has 0 aromatic heterocycles. The molecular weight excluding hydrogens is 380 g/mol. The van der Waals surface area contributed by atoms with Gasteiger partial charge in [-0.05, 0) is 69.2 Å². The van der Waals surface area contributed by atoms with Crippen molar-refractivity contribution >= 4 is 29.3 Å². The lowest BCUT2D eigenvalue weighted by Crippen LogP contribution is -2.49. The fourth-order valence-corrected chi connectivity index (χ4v) is 5.23. The summed E-state index contributed by atoms with van der Waals surface area (Å²) >= 11 is 5.97. The third kappa shape index (κ3) is 2.91. The van der Waals surface area contributed by atoms with Gasteiger partial charge in [0.15, 0.2) is 6.61 Å². The first-order chi connectivity index (χ1) is 13.3. The Hall–Kier alpha value is -2.34. The zero-order chi connectivity index (χ0) is 20.2. The number of carbonyl (C=O) groups excluding carboxylic acids is 3. The molecule has 1 heterocycles. The van der Waals surface area contributed by atoms with E-state index in [0.717, 1.165) is 23.4 Å². The normalized spacial score (nSPS) is 28.0. The van der Waals surface area contributed by atoms with E-state index in [-0.39, 0.29) is 42.1 Å². The van der Waals surface area contributed by atoms with Crippen molar-refractivity contribution in [2.75, 3.05) is 6.61 Å². The van der Waals surface area contributed by atoms with Gasteiger partial charge >= 0.3 is 0 Å². The SMILES string of the molecule is CC(C)=C1[C@H]2CC[C@H]1[C@H]1C(=O)N(NC(=O)COc3ccc(Cl)c(C)c3)C(=O)[C@@H]12. The third-order valence-electron chi connectivity index (χ3n) is 6.17. The average Bonchev–Trinajstić information content (AvgIpc) is 3.28. The number of aryl methyl sites for hydroxylation is 1. The number of nitrogens with zero attached hydrogens (tertiary/aromatic N) is 1. The van der Waals surface area contributed by atoms with Gasteiger partial charge in [-0.15, -0.1) is 0 Å². The van der Waals surface area contributed by atoms with Crippen LogP contribution in [-0.4, -0.2) is 29.3 Å². The molecule has 3 aliphatic rings. The molecule has 0 spiro atoms. The quantitative estimate of drug-likeness (QED) is 0.620. The molecule has 0 unspecified atom stereocenters. The Morgan fingerprint density at radius 3 is 2.32 bits per heavy atom. The van der Waals surface area contributed by atoms with Crippen molar-refractivity contribution in [2.24, 2.45) is 23.7 Å². The number of carbonyl (C=O) groups is 3. The molecule has 1 aromatic rings. The number of ether oxygens (including phenoxy) is 1. The average molecular weight is 403 g/mol. The zero-order valence-electron chi connectivity index (χ0n) is 16.1. The minimum Gasteiger partial charge on any atom is -0.484 e. The van der Waals surface area contributed by atoms with Crippen LogP contribution < -0.4 is 10.2 Å². The maximum Gasteiger partial charge on any atom is 0.276 e. The number of fused-ring (bicyclic) bond motifs is 5. The van der Waals surface area contributed by atoms with E-state index in [9.17, 15) is 14.4 Å². The monoisotopic (exact) mass is 402 g/mol. The Morgan fingerprint density at radius 2 is 1.79 bits per heavy atom. The van der Waals surface area contributed by atoms with E-state index in [1.807, 2.05) is 20.8 Å². The first-order valence-corrected chi connectivity index (χ1v) is 9.91. The van der Waals surface area contributed by atoms with Crippen LogP contribution in [0.5, 0.6) is 5.75 Å². The molecule has 3 fully saturated rings. The first-order valence-electron chi connectivity index (χ1n) is 9.53. The maximum atomic E-state index is 12.9. The van der Waals surface area contributed by atoms with Crippen molar-refractivity contribution in [2.45, 2.75) is 33.6 Å². The van der Waals surface area contributed by atoms with Crippen LogP contribution in [0.1, 0.15) is 32.3 Å². The molecule has 7 heteroatoms. The summed E-state index contributed by atoms with van der Waals surface area (Å²) in [6.07, 6.45) is 1.87. The fraction of sp³-hybridized carbons (Fsp3) is 0.476. The zero-order valence-corrected chi connectivity index (χ0v) is 16.9. The van der Waals surface area contributed by atoms with E-state index < -0.39 is 5.91 Å². The van der Waals surface area contributed by atoms with Crippen LogP contribution in [0.3, 0.4) is 0 Å².